The molecule has 4 N–H and O–H groups in total. The summed E-state index contributed by atoms with van der Waals surface area (Å²) in [5.41, 5.74) is 8.67. The molecule has 3 aromatic rings. The van der Waals surface area contributed by atoms with E-state index < -0.39 is 0 Å². The van der Waals surface area contributed by atoms with Gasteiger partial charge in [-0.1, -0.05) is 12.1 Å². The van der Waals surface area contributed by atoms with E-state index in [1.54, 1.807) is 18.2 Å². The lowest BCUT2D eigenvalue weighted by Crippen LogP contribution is -2.54. The molecule has 0 spiro atoms. The van der Waals surface area contributed by atoms with Crippen LogP contribution >= 0.6 is 0 Å². The average molecular weight is 447 g/mol. The Balaban J connectivity index is 1.20. The molecular weight excluding hydrogens is 420 g/mol. The number of nitrogens with zero attached hydrogens (tertiary/aromatic N) is 4. The van der Waals surface area contributed by atoms with E-state index in [-0.39, 0.29) is 17.8 Å². The van der Waals surface area contributed by atoms with Gasteiger partial charge in [-0.2, -0.15) is 0 Å². The Labute approximate surface area is 191 Å². The number of aromatic hydroxyl groups is 1. The zero-order valence-corrected chi connectivity index (χ0v) is 18.1. The number of nitrogens with one attached hydrogen (secondary N) is 1. The first kappa shape index (κ1) is 21.0. The molecule has 2 aliphatic rings. The molecule has 1 aromatic heterocycles. The van der Waals surface area contributed by atoms with Crippen LogP contribution in [0.2, 0.25) is 0 Å². The molecule has 170 valence electrons. The van der Waals surface area contributed by atoms with Gasteiger partial charge in [-0.3, -0.25) is 4.79 Å². The van der Waals surface area contributed by atoms with Crippen LogP contribution in [0.3, 0.4) is 0 Å². The number of carbonyl (C=O) groups is 1. The monoisotopic (exact) mass is 446 g/mol. The van der Waals surface area contributed by atoms with Crippen molar-refractivity contribution in [1.29, 1.82) is 0 Å². The van der Waals surface area contributed by atoms with Gasteiger partial charge >= 0.3 is 0 Å². The summed E-state index contributed by atoms with van der Waals surface area (Å²) in [7, 11) is 0. The topological polar surface area (TPSA) is 117 Å². The standard InChI is InChI=1S/C24H26N6O3/c25-23-21(13-20(27-28-23)19-3-1-2-4-22(19)31)30-14-18(15-30)33-17-7-5-16(6-8-17)24(32)29-11-9-26-10-12-29/h1-8,13,18,26,31H,9-12,14-15H2,(H2,25,28). The molecule has 0 atom stereocenters. The van der Waals surface area contributed by atoms with Crippen molar-refractivity contribution in [3.05, 3.63) is 60.2 Å². The molecule has 2 aliphatic heterocycles. The van der Waals surface area contributed by atoms with E-state index in [2.05, 4.69) is 20.4 Å². The molecule has 2 fully saturated rings. The zero-order valence-electron chi connectivity index (χ0n) is 18.1. The molecule has 33 heavy (non-hydrogen) atoms. The number of hydrogen-bond acceptors (Lipinski definition) is 8. The third kappa shape index (κ3) is 4.40. The fourth-order valence-electron chi connectivity index (χ4n) is 4.09. The summed E-state index contributed by atoms with van der Waals surface area (Å²) in [5, 5.41) is 21.6. The van der Waals surface area contributed by atoms with Crippen LogP contribution in [0.4, 0.5) is 11.5 Å². The van der Waals surface area contributed by atoms with Gasteiger partial charge in [0.15, 0.2) is 5.82 Å². The number of phenolic OH excluding ortho intramolecular Hbond substituents is 1. The van der Waals surface area contributed by atoms with E-state index in [0.29, 0.717) is 35.7 Å². The maximum atomic E-state index is 12.6. The summed E-state index contributed by atoms with van der Waals surface area (Å²) in [5.74, 6) is 1.26. The summed E-state index contributed by atoms with van der Waals surface area (Å²) in [6.45, 7) is 4.42. The highest BCUT2D eigenvalue weighted by molar-refractivity contribution is 5.94. The molecule has 2 aromatic carbocycles. The number of piperazine rings is 1. The number of benzene rings is 2. The Morgan fingerprint density at radius 2 is 1.79 bits per heavy atom. The van der Waals surface area contributed by atoms with Crippen LogP contribution in [-0.2, 0) is 0 Å². The van der Waals surface area contributed by atoms with Crippen molar-refractivity contribution in [2.24, 2.45) is 0 Å². The predicted molar refractivity (Wildman–Crippen MR) is 125 cm³/mol. The summed E-state index contributed by atoms with van der Waals surface area (Å²) in [6, 6.07) is 16.2. The van der Waals surface area contributed by atoms with Gasteiger partial charge in [0, 0.05) is 37.3 Å². The van der Waals surface area contributed by atoms with Crippen molar-refractivity contribution in [2.75, 3.05) is 49.9 Å². The van der Waals surface area contributed by atoms with Crippen molar-refractivity contribution >= 4 is 17.4 Å². The van der Waals surface area contributed by atoms with E-state index in [1.165, 1.54) is 0 Å². The third-order valence-electron chi connectivity index (χ3n) is 5.98. The summed E-state index contributed by atoms with van der Waals surface area (Å²) in [4.78, 5) is 16.5. The number of phenols is 1. The highest BCUT2D eigenvalue weighted by atomic mass is 16.5. The van der Waals surface area contributed by atoms with E-state index in [0.717, 1.165) is 37.6 Å². The molecule has 2 saturated heterocycles. The molecule has 0 aliphatic carbocycles. The molecule has 5 rings (SSSR count). The number of hydrogen-bond donors (Lipinski definition) is 3. The summed E-state index contributed by atoms with van der Waals surface area (Å²) < 4.78 is 6.06. The molecule has 9 nitrogen and oxygen atoms in total. The van der Waals surface area contributed by atoms with Crippen LogP contribution in [-0.4, -0.2) is 71.5 Å². The second-order valence-electron chi connectivity index (χ2n) is 8.23. The minimum absolute atomic E-state index is 0.000800. The Morgan fingerprint density at radius 1 is 1.06 bits per heavy atom. The van der Waals surface area contributed by atoms with Crippen molar-refractivity contribution in [1.82, 2.24) is 20.4 Å². The van der Waals surface area contributed by atoms with Crippen LogP contribution < -0.4 is 20.7 Å². The van der Waals surface area contributed by atoms with E-state index in [9.17, 15) is 9.90 Å². The quantitative estimate of drug-likeness (QED) is 0.543. The summed E-state index contributed by atoms with van der Waals surface area (Å²) in [6.07, 6.45) is 0.000800. The van der Waals surface area contributed by atoms with Crippen molar-refractivity contribution in [3.8, 4) is 22.8 Å². The lowest BCUT2D eigenvalue weighted by atomic mass is 10.1. The normalized spacial score (nSPS) is 16.4. The molecule has 0 radical (unpaired) electrons. The van der Waals surface area contributed by atoms with Gasteiger partial charge in [0.1, 0.15) is 17.6 Å². The van der Waals surface area contributed by atoms with E-state index in [4.69, 9.17) is 10.5 Å². The van der Waals surface area contributed by atoms with Gasteiger partial charge < -0.3 is 30.7 Å². The van der Waals surface area contributed by atoms with E-state index in [1.807, 2.05) is 41.3 Å². The second-order valence-corrected chi connectivity index (χ2v) is 8.23. The van der Waals surface area contributed by atoms with Crippen LogP contribution in [0.25, 0.3) is 11.3 Å². The lowest BCUT2D eigenvalue weighted by molar-refractivity contribution is 0.0735. The van der Waals surface area contributed by atoms with Gasteiger partial charge in [0.05, 0.1) is 24.5 Å². The van der Waals surface area contributed by atoms with Crippen molar-refractivity contribution in [3.63, 3.8) is 0 Å². The molecular formula is C24H26N6O3. The fraction of sp³-hybridized carbons (Fsp3) is 0.292. The number of amides is 1. The van der Waals surface area contributed by atoms with Gasteiger partial charge in [0.2, 0.25) is 0 Å². The number of anilines is 2. The van der Waals surface area contributed by atoms with Crippen molar-refractivity contribution in [2.45, 2.75) is 6.10 Å². The molecule has 1 amide bonds. The van der Waals surface area contributed by atoms with Gasteiger partial charge in [-0.05, 0) is 42.5 Å². The van der Waals surface area contributed by atoms with Crippen molar-refractivity contribution < 1.29 is 14.6 Å². The first-order valence-corrected chi connectivity index (χ1v) is 11.0. The van der Waals surface area contributed by atoms with Gasteiger partial charge in [0.25, 0.3) is 5.91 Å². The molecule has 0 unspecified atom stereocenters. The average Bonchev–Trinajstić information content (AvgIpc) is 2.83. The van der Waals surface area contributed by atoms with Crippen LogP contribution in [0, 0.1) is 0 Å². The second kappa shape index (κ2) is 8.95. The van der Waals surface area contributed by atoms with Gasteiger partial charge in [-0.25, -0.2) is 0 Å². The minimum atomic E-state index is 0.000800. The number of aromatic nitrogens is 2. The third-order valence-corrected chi connectivity index (χ3v) is 5.98. The molecule has 0 saturated carbocycles. The van der Waals surface area contributed by atoms with Gasteiger partial charge in [-0.15, -0.1) is 10.2 Å². The Kier molecular flexibility index (Phi) is 5.70. The number of para-hydroxylation sites is 1. The number of nitrogens with two attached hydrogens (primary N) is 1. The number of ether oxygens (including phenoxy) is 1. The maximum absolute atomic E-state index is 12.6. The highest BCUT2D eigenvalue weighted by Gasteiger charge is 2.31. The SMILES string of the molecule is Nc1nnc(-c2ccccc2O)cc1N1CC(Oc2ccc(C(=O)N3CCNCC3)cc2)C1. The fourth-order valence-corrected chi connectivity index (χ4v) is 4.09. The minimum Gasteiger partial charge on any atom is -0.507 e. The highest BCUT2D eigenvalue weighted by Crippen LogP contribution is 2.33. The first-order valence-electron chi connectivity index (χ1n) is 11.0. The number of carbonyl (C=O) groups excluding carboxylic acids is 1. The molecule has 9 heteroatoms. The van der Waals surface area contributed by atoms with Crippen LogP contribution in [0.15, 0.2) is 54.6 Å². The Bertz CT molecular complexity index is 1140. The molecule has 0 bridgehead atoms. The van der Waals surface area contributed by atoms with Crippen LogP contribution in [0.1, 0.15) is 10.4 Å². The van der Waals surface area contributed by atoms with Crippen LogP contribution in [0.5, 0.6) is 11.5 Å². The Hall–Kier alpha value is -3.85. The Morgan fingerprint density at radius 3 is 2.52 bits per heavy atom. The zero-order chi connectivity index (χ0) is 22.8. The predicted octanol–water partition coefficient (Wildman–Crippen LogP) is 1.74. The smallest absolute Gasteiger partial charge is 0.253 e. The summed E-state index contributed by atoms with van der Waals surface area (Å²) >= 11 is 0. The largest absolute Gasteiger partial charge is 0.507 e. The maximum Gasteiger partial charge on any atom is 0.253 e. The first-order chi connectivity index (χ1) is 16.1. The van der Waals surface area contributed by atoms with E-state index >= 15 is 0 Å². The number of nitrogen functional groups attached to an aromatic ring is 1. The number of rotatable bonds is 5. The molecule has 3 heterocycles. The lowest BCUT2D eigenvalue weighted by Gasteiger charge is -2.40.